The average molecular weight is 235 g/mol. The molecule has 0 spiro atoms. The van der Waals surface area contributed by atoms with Crippen molar-refractivity contribution in [3.8, 4) is 0 Å². The van der Waals surface area contributed by atoms with Crippen LogP contribution in [0.4, 0.5) is 0 Å². The van der Waals surface area contributed by atoms with Crippen molar-refractivity contribution in [3.63, 3.8) is 0 Å². The molecule has 94 valence electrons. The van der Waals surface area contributed by atoms with Crippen LogP contribution in [-0.4, -0.2) is 23.2 Å². The molecule has 1 amide bonds. The van der Waals surface area contributed by atoms with E-state index in [-0.39, 0.29) is 11.3 Å². The van der Waals surface area contributed by atoms with E-state index in [9.17, 15) is 4.79 Å². The lowest BCUT2D eigenvalue weighted by atomic mass is 9.75. The number of carbonyl (C=O) groups is 1. The van der Waals surface area contributed by atoms with Crippen LogP contribution < -0.4 is 0 Å². The number of hydroxylamine groups is 2. The summed E-state index contributed by atoms with van der Waals surface area (Å²) >= 11 is 0. The van der Waals surface area contributed by atoms with Crippen LogP contribution in [0.3, 0.4) is 0 Å². The van der Waals surface area contributed by atoms with Crippen LogP contribution in [-0.2, 0) is 5.41 Å². The summed E-state index contributed by atoms with van der Waals surface area (Å²) in [6, 6.07) is 7.45. The van der Waals surface area contributed by atoms with E-state index in [1.807, 2.05) is 18.2 Å². The number of hydrogen-bond acceptors (Lipinski definition) is 2. The fourth-order valence-corrected chi connectivity index (χ4v) is 1.57. The van der Waals surface area contributed by atoms with Crippen molar-refractivity contribution in [3.05, 3.63) is 35.4 Å². The largest absolute Gasteiger partial charge is 0.286 e. The Morgan fingerprint density at radius 2 is 1.94 bits per heavy atom. The summed E-state index contributed by atoms with van der Waals surface area (Å²) in [4.78, 5) is 11.7. The topological polar surface area (TPSA) is 40.5 Å². The number of rotatable bonds is 3. The van der Waals surface area contributed by atoms with E-state index >= 15 is 0 Å². The van der Waals surface area contributed by atoms with Crippen LogP contribution in [0.2, 0.25) is 0 Å². The fourth-order valence-electron chi connectivity index (χ4n) is 1.57. The van der Waals surface area contributed by atoms with Crippen molar-refractivity contribution >= 4 is 5.91 Å². The van der Waals surface area contributed by atoms with Crippen molar-refractivity contribution in [1.82, 2.24) is 5.06 Å². The summed E-state index contributed by atoms with van der Waals surface area (Å²) in [5.41, 5.74) is 1.63. The molecule has 0 radical (unpaired) electrons. The summed E-state index contributed by atoms with van der Waals surface area (Å²) in [6.45, 7) is 8.63. The van der Waals surface area contributed by atoms with Crippen LogP contribution in [0.15, 0.2) is 24.3 Å². The Labute approximate surface area is 103 Å². The predicted molar refractivity (Wildman–Crippen MR) is 68.2 cm³/mol. The van der Waals surface area contributed by atoms with Gasteiger partial charge in [-0.3, -0.25) is 10.0 Å². The second-order valence-corrected chi connectivity index (χ2v) is 5.29. The minimum absolute atomic E-state index is 0.00428. The molecule has 3 nitrogen and oxygen atoms in total. The van der Waals surface area contributed by atoms with Gasteiger partial charge in [-0.25, -0.2) is 5.06 Å². The molecule has 0 aliphatic heterocycles. The Balaban J connectivity index is 3.14. The number of hydrogen-bond donors (Lipinski definition) is 1. The highest BCUT2D eigenvalue weighted by molar-refractivity contribution is 5.93. The molecule has 0 fully saturated rings. The Morgan fingerprint density at radius 3 is 2.41 bits per heavy atom. The first-order chi connectivity index (χ1) is 7.76. The minimum atomic E-state index is -0.383. The summed E-state index contributed by atoms with van der Waals surface area (Å²) < 4.78 is 0. The molecule has 3 heteroatoms. The lowest BCUT2D eigenvalue weighted by Crippen LogP contribution is -2.26. The second-order valence-electron chi connectivity index (χ2n) is 5.29. The molecule has 0 unspecified atom stereocenters. The van der Waals surface area contributed by atoms with Gasteiger partial charge >= 0.3 is 0 Å². The molecular formula is C14H21NO2. The normalized spacial score (nSPS) is 11.7. The monoisotopic (exact) mass is 235 g/mol. The Hall–Kier alpha value is -1.35. The molecule has 0 saturated carbocycles. The molecule has 0 saturated heterocycles. The summed E-state index contributed by atoms with van der Waals surface area (Å²) in [5.74, 6) is 0.0890. The lowest BCUT2D eigenvalue weighted by Gasteiger charge is -2.30. The predicted octanol–water partition coefficient (Wildman–Crippen LogP) is 3.08. The quantitative estimate of drug-likeness (QED) is 0.646. The molecule has 1 rings (SSSR count). The molecule has 0 aliphatic rings. The average Bonchev–Trinajstić information content (AvgIpc) is 2.27. The molecule has 0 heterocycles. The molecule has 1 aromatic carbocycles. The van der Waals surface area contributed by atoms with Crippen LogP contribution in [0, 0.1) is 5.92 Å². The van der Waals surface area contributed by atoms with E-state index in [4.69, 9.17) is 5.21 Å². The zero-order valence-corrected chi connectivity index (χ0v) is 11.2. The van der Waals surface area contributed by atoms with Gasteiger partial charge in [-0.15, -0.1) is 0 Å². The first-order valence-electron chi connectivity index (χ1n) is 5.84. The summed E-state index contributed by atoms with van der Waals surface area (Å²) in [7, 11) is 1.34. The zero-order valence-electron chi connectivity index (χ0n) is 11.2. The van der Waals surface area contributed by atoms with Crippen LogP contribution in [0.1, 0.15) is 43.6 Å². The van der Waals surface area contributed by atoms with Gasteiger partial charge in [0.05, 0.1) is 0 Å². The third kappa shape index (κ3) is 2.86. The number of nitrogens with zero attached hydrogens (tertiary/aromatic N) is 1. The maximum Gasteiger partial charge on any atom is 0.276 e. The Bertz CT molecular complexity index is 408. The van der Waals surface area contributed by atoms with Crippen molar-refractivity contribution in [2.75, 3.05) is 7.05 Å². The smallest absolute Gasteiger partial charge is 0.276 e. The molecular weight excluding hydrogens is 214 g/mol. The molecule has 0 aromatic heterocycles. The van der Waals surface area contributed by atoms with E-state index in [0.717, 1.165) is 5.56 Å². The molecule has 17 heavy (non-hydrogen) atoms. The maximum atomic E-state index is 11.7. The van der Waals surface area contributed by atoms with Gasteiger partial charge in [0.1, 0.15) is 0 Å². The molecule has 0 aliphatic carbocycles. The second kappa shape index (κ2) is 4.88. The molecule has 0 atom stereocenters. The Morgan fingerprint density at radius 1 is 1.35 bits per heavy atom. The third-order valence-electron chi connectivity index (χ3n) is 3.59. The van der Waals surface area contributed by atoms with Crippen molar-refractivity contribution in [2.45, 2.75) is 33.1 Å². The van der Waals surface area contributed by atoms with E-state index in [0.29, 0.717) is 16.5 Å². The van der Waals surface area contributed by atoms with Gasteiger partial charge in [-0.2, -0.15) is 0 Å². The van der Waals surface area contributed by atoms with Crippen molar-refractivity contribution < 1.29 is 10.0 Å². The summed E-state index contributed by atoms with van der Waals surface area (Å²) in [5, 5.41) is 9.77. The lowest BCUT2D eigenvalue weighted by molar-refractivity contribution is -0.0375. The molecule has 1 aromatic rings. The molecule has 1 N–H and O–H groups in total. The first kappa shape index (κ1) is 13.7. The van der Waals surface area contributed by atoms with Crippen LogP contribution in [0.5, 0.6) is 0 Å². The molecule has 0 bridgehead atoms. The van der Waals surface area contributed by atoms with Crippen molar-refractivity contribution in [2.24, 2.45) is 5.92 Å². The van der Waals surface area contributed by atoms with Gasteiger partial charge in [0.25, 0.3) is 5.91 Å². The highest BCUT2D eigenvalue weighted by Crippen LogP contribution is 2.31. The highest BCUT2D eigenvalue weighted by Gasteiger charge is 2.25. The van der Waals surface area contributed by atoms with Gasteiger partial charge in [-0.05, 0) is 29.0 Å². The van der Waals surface area contributed by atoms with Crippen LogP contribution >= 0.6 is 0 Å². The standard InChI is InChI=1S/C14H21NO2/c1-10(2)14(3,4)12-8-6-7-11(9-12)13(16)15(5)17/h6-10,17H,1-5H3. The van der Waals surface area contributed by atoms with Gasteiger partial charge in [0, 0.05) is 12.6 Å². The van der Waals surface area contributed by atoms with E-state index in [1.165, 1.54) is 7.05 Å². The van der Waals surface area contributed by atoms with E-state index < -0.39 is 0 Å². The van der Waals surface area contributed by atoms with Crippen molar-refractivity contribution in [1.29, 1.82) is 0 Å². The zero-order chi connectivity index (χ0) is 13.2. The van der Waals surface area contributed by atoms with Gasteiger partial charge < -0.3 is 0 Å². The van der Waals surface area contributed by atoms with Crippen LogP contribution in [0.25, 0.3) is 0 Å². The first-order valence-corrected chi connectivity index (χ1v) is 5.84. The SMILES string of the molecule is CC(C)C(C)(C)c1cccc(C(=O)N(C)O)c1. The van der Waals surface area contributed by atoms with Gasteiger partial charge in [0.15, 0.2) is 0 Å². The highest BCUT2D eigenvalue weighted by atomic mass is 16.5. The maximum absolute atomic E-state index is 11.7. The third-order valence-corrected chi connectivity index (χ3v) is 3.59. The fraction of sp³-hybridized carbons (Fsp3) is 0.500. The Kier molecular flexibility index (Phi) is 3.94. The number of amides is 1. The van der Waals surface area contributed by atoms with E-state index in [2.05, 4.69) is 27.7 Å². The van der Waals surface area contributed by atoms with E-state index in [1.54, 1.807) is 6.07 Å². The number of carbonyl (C=O) groups excluding carboxylic acids is 1. The summed E-state index contributed by atoms with van der Waals surface area (Å²) in [6.07, 6.45) is 0. The van der Waals surface area contributed by atoms with Gasteiger partial charge in [0.2, 0.25) is 0 Å². The van der Waals surface area contributed by atoms with Gasteiger partial charge in [-0.1, -0.05) is 39.8 Å². The minimum Gasteiger partial charge on any atom is -0.286 e. The number of benzene rings is 1.